The number of carbonyl (C=O) groups is 1. The molecule has 0 saturated heterocycles. The molecule has 0 spiro atoms. The van der Waals surface area contributed by atoms with Crippen LogP contribution >= 0.6 is 0 Å². The van der Waals surface area contributed by atoms with E-state index in [-0.39, 0.29) is 29.6 Å². The Morgan fingerprint density at radius 3 is 2.80 bits per heavy atom. The number of hydrazone groups is 1. The molecule has 1 atom stereocenters. The van der Waals surface area contributed by atoms with Gasteiger partial charge in [-0.2, -0.15) is 5.10 Å². The van der Waals surface area contributed by atoms with Crippen molar-refractivity contribution in [3.63, 3.8) is 0 Å². The molecule has 50 valence electrons. The summed E-state index contributed by atoms with van der Waals surface area (Å²) >= 11 is 0. The first-order chi connectivity index (χ1) is 4.30. The minimum absolute atomic E-state index is 0. The molecule has 1 heterocycles. The summed E-state index contributed by atoms with van der Waals surface area (Å²) in [5.41, 5.74) is 2.43. The molecule has 5 heteroatoms. The number of carboxylic acid groups (broad SMARTS) is 1. The van der Waals surface area contributed by atoms with Gasteiger partial charge in [0.05, 0.1) is 12.0 Å². The summed E-state index contributed by atoms with van der Waals surface area (Å²) < 4.78 is 0. The minimum Gasteiger partial charge on any atom is -0.548 e. The van der Waals surface area contributed by atoms with E-state index in [9.17, 15) is 9.90 Å². The van der Waals surface area contributed by atoms with E-state index in [1.54, 1.807) is 6.21 Å². The molecule has 1 rings (SSSR count). The van der Waals surface area contributed by atoms with Crippen LogP contribution in [0, 0.1) is 0 Å². The second-order valence-corrected chi connectivity index (χ2v) is 1.89. The molecule has 10 heavy (non-hydrogen) atoms. The normalized spacial score (nSPS) is 22.6. The van der Waals surface area contributed by atoms with Crippen LogP contribution in [-0.4, -0.2) is 18.2 Å². The smallest absolute Gasteiger partial charge is 0.548 e. The maximum absolute atomic E-state index is 10.1. The molecule has 0 radical (unpaired) electrons. The van der Waals surface area contributed by atoms with Crippen LogP contribution in [0.15, 0.2) is 5.10 Å². The van der Waals surface area contributed by atoms with Crippen molar-refractivity contribution in [3.05, 3.63) is 0 Å². The zero-order chi connectivity index (χ0) is 6.69. The first kappa shape index (κ1) is 9.94. The summed E-state index contributed by atoms with van der Waals surface area (Å²) in [5.74, 6) is -1.08. The monoisotopic (exact) mass is 150 g/mol. The van der Waals surface area contributed by atoms with Crippen LogP contribution in [0.25, 0.3) is 0 Å². The Morgan fingerprint density at radius 2 is 2.50 bits per heavy atom. The second kappa shape index (κ2) is 4.71. The van der Waals surface area contributed by atoms with E-state index in [1.165, 1.54) is 0 Å². The summed E-state index contributed by atoms with van der Waals surface area (Å²) in [4.78, 5) is 10.1. The van der Waals surface area contributed by atoms with Crippen molar-refractivity contribution in [1.29, 1.82) is 0 Å². The third kappa shape index (κ3) is 2.68. The number of nitrogens with zero attached hydrogens (tertiary/aromatic N) is 1. The van der Waals surface area contributed by atoms with Crippen LogP contribution in [0.2, 0.25) is 0 Å². The average Bonchev–Trinajstić information content (AvgIpc) is 1.90. The Balaban J connectivity index is 0.000000810. The van der Waals surface area contributed by atoms with E-state index in [2.05, 4.69) is 10.5 Å². The van der Waals surface area contributed by atoms with Crippen molar-refractivity contribution in [2.75, 3.05) is 0 Å². The SMILES string of the molecule is O=C([O-])[C@@H]1CCC=NN1.[Na+]. The fraction of sp³-hybridized carbons (Fsp3) is 0.600. The van der Waals surface area contributed by atoms with E-state index < -0.39 is 12.0 Å². The number of carboxylic acids is 1. The maximum Gasteiger partial charge on any atom is 1.00 e. The summed E-state index contributed by atoms with van der Waals surface area (Å²) in [6.45, 7) is 0. The number of aliphatic carboxylic acids is 1. The Bertz CT molecular complexity index is 149. The molecule has 1 aliphatic heterocycles. The van der Waals surface area contributed by atoms with Crippen molar-refractivity contribution in [3.8, 4) is 0 Å². The average molecular weight is 150 g/mol. The van der Waals surface area contributed by atoms with Crippen LogP contribution in [-0.2, 0) is 4.79 Å². The van der Waals surface area contributed by atoms with Gasteiger partial charge in [0.25, 0.3) is 0 Å². The molecular weight excluding hydrogens is 143 g/mol. The first-order valence-electron chi connectivity index (χ1n) is 2.78. The fourth-order valence-corrected chi connectivity index (χ4v) is 0.684. The third-order valence-electron chi connectivity index (χ3n) is 1.19. The molecule has 1 aliphatic rings. The molecule has 0 aromatic rings. The van der Waals surface area contributed by atoms with Gasteiger partial charge in [-0.15, -0.1) is 0 Å². The molecule has 0 amide bonds. The van der Waals surface area contributed by atoms with E-state index in [1.807, 2.05) is 0 Å². The van der Waals surface area contributed by atoms with Gasteiger partial charge in [0.2, 0.25) is 0 Å². The molecule has 1 N–H and O–H groups in total. The molecule has 0 bridgehead atoms. The number of hydrogen-bond donors (Lipinski definition) is 1. The molecule has 0 aromatic heterocycles. The number of carbonyl (C=O) groups excluding carboxylic acids is 1. The maximum atomic E-state index is 10.1. The van der Waals surface area contributed by atoms with Crippen molar-refractivity contribution in [1.82, 2.24) is 5.43 Å². The largest absolute Gasteiger partial charge is 1.00 e. The van der Waals surface area contributed by atoms with Crippen LogP contribution < -0.4 is 40.1 Å². The zero-order valence-corrected chi connectivity index (χ0v) is 7.83. The number of hydrogen-bond acceptors (Lipinski definition) is 4. The van der Waals surface area contributed by atoms with E-state index >= 15 is 0 Å². The van der Waals surface area contributed by atoms with E-state index in [0.717, 1.165) is 0 Å². The quantitative estimate of drug-likeness (QED) is 0.383. The summed E-state index contributed by atoms with van der Waals surface area (Å²) in [6, 6.07) is -0.588. The van der Waals surface area contributed by atoms with Crippen molar-refractivity contribution in [2.24, 2.45) is 5.10 Å². The van der Waals surface area contributed by atoms with Crippen LogP contribution in [0.3, 0.4) is 0 Å². The topological polar surface area (TPSA) is 64.5 Å². The molecule has 0 aromatic carbocycles. The van der Waals surface area contributed by atoms with Gasteiger partial charge in [-0.1, -0.05) is 0 Å². The van der Waals surface area contributed by atoms with Gasteiger partial charge in [-0.25, -0.2) is 0 Å². The van der Waals surface area contributed by atoms with E-state index in [0.29, 0.717) is 12.8 Å². The van der Waals surface area contributed by atoms with Crippen LogP contribution in [0.5, 0.6) is 0 Å². The molecule has 0 unspecified atom stereocenters. The number of nitrogens with one attached hydrogen (secondary N) is 1. The first-order valence-corrected chi connectivity index (χ1v) is 2.78. The predicted molar refractivity (Wildman–Crippen MR) is 29.7 cm³/mol. The van der Waals surface area contributed by atoms with Gasteiger partial charge >= 0.3 is 29.6 Å². The molecule has 0 fully saturated rings. The summed E-state index contributed by atoms with van der Waals surface area (Å²) in [7, 11) is 0. The molecule has 4 nitrogen and oxygen atoms in total. The second-order valence-electron chi connectivity index (χ2n) is 1.89. The van der Waals surface area contributed by atoms with Gasteiger partial charge in [0.15, 0.2) is 0 Å². The van der Waals surface area contributed by atoms with Crippen LogP contribution in [0.1, 0.15) is 12.8 Å². The zero-order valence-electron chi connectivity index (χ0n) is 5.83. The Kier molecular flexibility index (Phi) is 4.68. The van der Waals surface area contributed by atoms with Crippen molar-refractivity contribution < 1.29 is 39.5 Å². The fourth-order valence-electron chi connectivity index (χ4n) is 0.684. The summed E-state index contributed by atoms with van der Waals surface area (Å²) in [6.07, 6.45) is 2.94. The standard InChI is InChI=1S/C5H8N2O2.Na/c8-5(9)4-2-1-3-6-7-4;/h3-4,7H,1-2H2,(H,8,9);/q;+1/p-1/t4-;/m0./s1. The van der Waals surface area contributed by atoms with Crippen molar-refractivity contribution >= 4 is 12.2 Å². The van der Waals surface area contributed by atoms with E-state index in [4.69, 9.17) is 0 Å². The Hall–Kier alpha value is -0.0600. The van der Waals surface area contributed by atoms with Gasteiger partial charge in [-0.05, 0) is 12.8 Å². The van der Waals surface area contributed by atoms with Gasteiger partial charge < -0.3 is 15.3 Å². The molecule has 0 aliphatic carbocycles. The summed E-state index contributed by atoms with van der Waals surface area (Å²) in [5, 5.41) is 13.7. The Morgan fingerprint density at radius 1 is 1.80 bits per heavy atom. The predicted octanol–water partition coefficient (Wildman–Crippen LogP) is -4.52. The van der Waals surface area contributed by atoms with Crippen LogP contribution in [0.4, 0.5) is 0 Å². The van der Waals surface area contributed by atoms with Crippen molar-refractivity contribution in [2.45, 2.75) is 18.9 Å². The van der Waals surface area contributed by atoms with Gasteiger partial charge in [0, 0.05) is 6.21 Å². The molecule has 0 saturated carbocycles. The van der Waals surface area contributed by atoms with Gasteiger partial charge in [-0.3, -0.25) is 0 Å². The number of rotatable bonds is 1. The Labute approximate surface area is 81.0 Å². The molecular formula is C5H7N2NaO2. The third-order valence-corrected chi connectivity index (χ3v) is 1.19. The van der Waals surface area contributed by atoms with Gasteiger partial charge in [0.1, 0.15) is 0 Å². The minimum atomic E-state index is -1.08.